The second-order valence-electron chi connectivity index (χ2n) is 4.24. The lowest BCUT2D eigenvalue weighted by molar-refractivity contribution is -0.255. The number of methoxy groups -OCH3 is 1. The zero-order chi connectivity index (χ0) is 16.3. The van der Waals surface area contributed by atoms with Crippen LogP contribution in [-0.2, 0) is 10.0 Å². The summed E-state index contributed by atoms with van der Waals surface area (Å²) in [4.78, 5) is 11.0. The van der Waals surface area contributed by atoms with Crippen molar-refractivity contribution in [3.05, 3.63) is 53.1 Å². The van der Waals surface area contributed by atoms with Crippen molar-refractivity contribution >= 4 is 33.3 Å². The first-order valence-corrected chi connectivity index (χ1v) is 7.88. The van der Waals surface area contributed by atoms with Crippen molar-refractivity contribution in [3.8, 4) is 5.75 Å². The molecule has 0 saturated carbocycles. The number of sulfonamides is 1. The third kappa shape index (κ3) is 3.32. The van der Waals surface area contributed by atoms with Gasteiger partial charge in [-0.25, -0.2) is 8.42 Å². The molecule has 0 amide bonds. The molecule has 0 saturated heterocycles. The largest absolute Gasteiger partial charge is 0.545 e. The summed E-state index contributed by atoms with van der Waals surface area (Å²) >= 11 is 5.92. The van der Waals surface area contributed by atoms with Crippen LogP contribution in [0, 0.1) is 0 Å². The molecule has 8 heteroatoms. The van der Waals surface area contributed by atoms with Crippen LogP contribution in [0.2, 0.25) is 5.02 Å². The van der Waals surface area contributed by atoms with Gasteiger partial charge in [-0.05, 0) is 18.2 Å². The van der Waals surface area contributed by atoms with Crippen LogP contribution in [0.1, 0.15) is 10.4 Å². The molecule has 0 radical (unpaired) electrons. The number of benzene rings is 2. The minimum atomic E-state index is -3.85. The van der Waals surface area contributed by atoms with Gasteiger partial charge in [0.2, 0.25) is 0 Å². The number of carboxylic acids is 1. The number of carbonyl (C=O) groups is 1. The molecule has 0 fully saturated rings. The summed E-state index contributed by atoms with van der Waals surface area (Å²) in [6, 6.07) is 9.94. The number of hydrogen-bond acceptors (Lipinski definition) is 5. The number of rotatable bonds is 5. The van der Waals surface area contributed by atoms with Gasteiger partial charge in [-0.15, -0.1) is 0 Å². The van der Waals surface area contributed by atoms with Gasteiger partial charge in [-0.2, -0.15) is 0 Å². The molecule has 6 nitrogen and oxygen atoms in total. The molecule has 0 atom stereocenters. The Bertz CT molecular complexity index is 805. The molecular weight excluding hydrogens is 330 g/mol. The maximum absolute atomic E-state index is 12.2. The van der Waals surface area contributed by atoms with Crippen molar-refractivity contribution in [1.29, 1.82) is 0 Å². The Morgan fingerprint density at radius 1 is 1.23 bits per heavy atom. The molecule has 116 valence electrons. The fourth-order valence-corrected chi connectivity index (χ4v) is 3.12. The zero-order valence-corrected chi connectivity index (χ0v) is 12.9. The van der Waals surface area contributed by atoms with Gasteiger partial charge in [0.25, 0.3) is 10.0 Å². The van der Waals surface area contributed by atoms with Crippen molar-refractivity contribution in [3.63, 3.8) is 0 Å². The van der Waals surface area contributed by atoms with E-state index in [1.165, 1.54) is 25.3 Å². The summed E-state index contributed by atoms with van der Waals surface area (Å²) in [5.41, 5.74) is -0.262. The van der Waals surface area contributed by atoms with Gasteiger partial charge in [0.1, 0.15) is 5.75 Å². The van der Waals surface area contributed by atoms with Crippen LogP contribution < -0.4 is 14.6 Å². The van der Waals surface area contributed by atoms with Crippen molar-refractivity contribution in [2.24, 2.45) is 0 Å². The lowest BCUT2D eigenvalue weighted by Crippen LogP contribution is -2.23. The van der Waals surface area contributed by atoms with Crippen LogP contribution in [-0.4, -0.2) is 21.5 Å². The molecule has 1 N–H and O–H groups in total. The predicted octanol–water partition coefficient (Wildman–Crippen LogP) is 1.51. The van der Waals surface area contributed by atoms with Crippen LogP contribution in [0.25, 0.3) is 0 Å². The minimum Gasteiger partial charge on any atom is -0.545 e. The van der Waals surface area contributed by atoms with Crippen molar-refractivity contribution in [1.82, 2.24) is 0 Å². The molecular formula is C14H11ClNO5S-. The SMILES string of the molecule is COc1cc(NS(=O)(=O)c2ccccc2)c(Cl)cc1C(=O)[O-]. The molecule has 0 heterocycles. The van der Waals surface area contributed by atoms with E-state index in [-0.39, 0.29) is 26.9 Å². The molecule has 0 aliphatic carbocycles. The van der Waals surface area contributed by atoms with Gasteiger partial charge in [0.15, 0.2) is 0 Å². The molecule has 2 aromatic carbocycles. The normalized spacial score (nSPS) is 11.0. The number of carbonyl (C=O) groups excluding carboxylic acids is 1. The maximum Gasteiger partial charge on any atom is 0.261 e. The van der Waals surface area contributed by atoms with E-state index < -0.39 is 16.0 Å². The Balaban J connectivity index is 2.44. The number of carboxylic acid groups (broad SMARTS) is 1. The average Bonchev–Trinajstić information content (AvgIpc) is 2.49. The summed E-state index contributed by atoms with van der Waals surface area (Å²) in [5.74, 6) is -1.54. The Morgan fingerprint density at radius 2 is 1.86 bits per heavy atom. The first-order valence-electron chi connectivity index (χ1n) is 6.02. The fraction of sp³-hybridized carbons (Fsp3) is 0.0714. The molecule has 0 bridgehead atoms. The van der Waals surface area contributed by atoms with E-state index in [0.29, 0.717) is 0 Å². The van der Waals surface area contributed by atoms with Crippen LogP contribution >= 0.6 is 11.6 Å². The molecule has 22 heavy (non-hydrogen) atoms. The van der Waals surface area contributed by atoms with Crippen molar-refractivity contribution in [2.75, 3.05) is 11.8 Å². The Labute approximate surface area is 132 Å². The highest BCUT2D eigenvalue weighted by Crippen LogP contribution is 2.32. The van der Waals surface area contributed by atoms with Gasteiger partial charge in [0, 0.05) is 11.6 Å². The van der Waals surface area contributed by atoms with Crippen molar-refractivity contribution in [2.45, 2.75) is 4.90 Å². The number of halogens is 1. The number of ether oxygens (including phenoxy) is 1. The van der Waals surface area contributed by atoms with E-state index in [1.807, 2.05) is 0 Å². The monoisotopic (exact) mass is 340 g/mol. The molecule has 0 aliphatic heterocycles. The standard InChI is InChI=1S/C14H12ClNO5S/c1-21-13-8-12(11(15)7-10(13)14(17)18)16-22(19,20)9-5-3-2-4-6-9/h2-8,16H,1H3,(H,17,18)/p-1. The highest BCUT2D eigenvalue weighted by atomic mass is 35.5. The van der Waals surface area contributed by atoms with Gasteiger partial charge in [-0.3, -0.25) is 4.72 Å². The van der Waals surface area contributed by atoms with E-state index in [4.69, 9.17) is 16.3 Å². The average molecular weight is 341 g/mol. The van der Waals surface area contributed by atoms with Gasteiger partial charge in [0.05, 0.1) is 28.7 Å². The van der Waals surface area contributed by atoms with Crippen LogP contribution in [0.4, 0.5) is 5.69 Å². The summed E-state index contributed by atoms with van der Waals surface area (Å²) in [6.45, 7) is 0. The lowest BCUT2D eigenvalue weighted by Gasteiger charge is -2.14. The summed E-state index contributed by atoms with van der Waals surface area (Å²) in [6.07, 6.45) is 0. The highest BCUT2D eigenvalue weighted by Gasteiger charge is 2.17. The first kappa shape index (κ1) is 16.1. The molecule has 0 aliphatic rings. The summed E-state index contributed by atoms with van der Waals surface area (Å²) in [5, 5.41) is 10.9. The number of anilines is 1. The number of hydrogen-bond donors (Lipinski definition) is 1. The minimum absolute atomic E-state index is 0.00682. The van der Waals surface area contributed by atoms with Crippen molar-refractivity contribution < 1.29 is 23.1 Å². The highest BCUT2D eigenvalue weighted by molar-refractivity contribution is 7.92. The van der Waals surface area contributed by atoms with E-state index in [9.17, 15) is 18.3 Å². The zero-order valence-electron chi connectivity index (χ0n) is 11.4. The first-order chi connectivity index (χ1) is 10.3. The molecule has 2 rings (SSSR count). The van der Waals surface area contributed by atoms with E-state index in [0.717, 1.165) is 6.07 Å². The topological polar surface area (TPSA) is 95.5 Å². The smallest absolute Gasteiger partial charge is 0.261 e. The lowest BCUT2D eigenvalue weighted by atomic mass is 10.2. The third-order valence-corrected chi connectivity index (χ3v) is 4.50. The second kappa shape index (κ2) is 6.25. The molecule has 0 spiro atoms. The molecule has 0 aromatic heterocycles. The van der Waals surface area contributed by atoms with Gasteiger partial charge < -0.3 is 14.6 Å². The molecule has 0 unspecified atom stereocenters. The summed E-state index contributed by atoms with van der Waals surface area (Å²) in [7, 11) is -2.59. The van der Waals surface area contributed by atoms with E-state index >= 15 is 0 Å². The third-order valence-electron chi connectivity index (χ3n) is 2.81. The predicted molar refractivity (Wildman–Crippen MR) is 79.6 cm³/mol. The van der Waals surface area contributed by atoms with Crippen LogP contribution in [0.3, 0.4) is 0 Å². The van der Waals surface area contributed by atoms with Gasteiger partial charge in [-0.1, -0.05) is 29.8 Å². The Kier molecular flexibility index (Phi) is 4.58. The second-order valence-corrected chi connectivity index (χ2v) is 6.33. The van der Waals surface area contributed by atoms with Crippen LogP contribution in [0.15, 0.2) is 47.4 Å². The quantitative estimate of drug-likeness (QED) is 0.890. The Hall–Kier alpha value is -2.25. The van der Waals surface area contributed by atoms with Gasteiger partial charge >= 0.3 is 0 Å². The Morgan fingerprint density at radius 3 is 2.41 bits per heavy atom. The number of nitrogens with one attached hydrogen (secondary N) is 1. The van der Waals surface area contributed by atoms with E-state index in [1.54, 1.807) is 18.2 Å². The number of aromatic carboxylic acids is 1. The summed E-state index contributed by atoms with van der Waals surface area (Å²) < 4.78 is 31.7. The maximum atomic E-state index is 12.2. The van der Waals surface area contributed by atoms with Crippen LogP contribution in [0.5, 0.6) is 5.75 Å². The molecule has 2 aromatic rings. The van der Waals surface area contributed by atoms with E-state index in [2.05, 4.69) is 4.72 Å². The fourth-order valence-electron chi connectivity index (χ4n) is 1.76.